The number of nitrogens with zero attached hydrogens (tertiary/aromatic N) is 1. The number of hydrogen-bond donors (Lipinski definition) is 3. The van der Waals surface area contributed by atoms with E-state index < -0.39 is 29.3 Å². The van der Waals surface area contributed by atoms with E-state index in [9.17, 15) is 23.5 Å². The van der Waals surface area contributed by atoms with Crippen molar-refractivity contribution in [1.29, 1.82) is 0 Å². The van der Waals surface area contributed by atoms with E-state index in [1.165, 1.54) is 19.1 Å². The maximum atomic E-state index is 13.7. The molecule has 2 amide bonds. The van der Waals surface area contributed by atoms with Crippen LogP contribution in [-0.4, -0.2) is 53.6 Å². The van der Waals surface area contributed by atoms with Gasteiger partial charge in [-0.25, -0.2) is 8.78 Å². The third kappa shape index (κ3) is 6.89. The van der Waals surface area contributed by atoms with Gasteiger partial charge in [0.1, 0.15) is 11.6 Å². The number of benzene rings is 2. The molecule has 6 nitrogen and oxygen atoms in total. The Kier molecular flexibility index (Phi) is 9.19. The Morgan fingerprint density at radius 1 is 1.17 bits per heavy atom. The number of hydrogen-bond acceptors (Lipinski definition) is 4. The molecule has 0 bridgehead atoms. The van der Waals surface area contributed by atoms with Crippen molar-refractivity contribution in [3.05, 3.63) is 70.8 Å². The lowest BCUT2D eigenvalue weighted by Crippen LogP contribution is -2.57. The summed E-state index contributed by atoms with van der Waals surface area (Å²) in [6, 6.07) is 10.5. The van der Waals surface area contributed by atoms with Gasteiger partial charge in [-0.3, -0.25) is 9.59 Å². The zero-order valence-corrected chi connectivity index (χ0v) is 21.5. The van der Waals surface area contributed by atoms with Crippen LogP contribution < -0.4 is 10.6 Å². The first-order chi connectivity index (χ1) is 17.0. The fourth-order valence-electron chi connectivity index (χ4n) is 4.91. The molecule has 196 valence electrons. The van der Waals surface area contributed by atoms with Gasteiger partial charge in [0.25, 0.3) is 0 Å². The molecule has 1 saturated heterocycles. The summed E-state index contributed by atoms with van der Waals surface area (Å²) in [6.45, 7) is 8.81. The number of nitrogens with one attached hydrogen (secondary N) is 2. The largest absolute Gasteiger partial charge is 0.390 e. The lowest BCUT2D eigenvalue weighted by molar-refractivity contribution is -0.136. The molecule has 1 aliphatic heterocycles. The molecule has 1 fully saturated rings. The summed E-state index contributed by atoms with van der Waals surface area (Å²) in [5.41, 5.74) is 1.79. The molecule has 36 heavy (non-hydrogen) atoms. The minimum Gasteiger partial charge on any atom is -0.390 e. The maximum absolute atomic E-state index is 13.7. The van der Waals surface area contributed by atoms with Crippen LogP contribution in [0.25, 0.3) is 0 Å². The molecule has 2 aromatic carbocycles. The Bertz CT molecular complexity index is 1060. The first-order valence-electron chi connectivity index (χ1n) is 12.6. The second-order valence-corrected chi connectivity index (χ2v) is 10.00. The topological polar surface area (TPSA) is 81.7 Å². The zero-order chi connectivity index (χ0) is 26.5. The number of carbonyl (C=O) groups excluding carboxylic acids is 2. The average Bonchev–Trinajstić information content (AvgIpc) is 2.81. The van der Waals surface area contributed by atoms with Gasteiger partial charge in [-0.15, -0.1) is 0 Å². The van der Waals surface area contributed by atoms with Gasteiger partial charge in [0.2, 0.25) is 11.8 Å². The molecule has 1 unspecified atom stereocenters. The number of likely N-dealkylation sites (tertiary alicyclic amines) is 1. The molecule has 1 heterocycles. The third-order valence-electron chi connectivity index (χ3n) is 6.98. The van der Waals surface area contributed by atoms with Gasteiger partial charge in [0.15, 0.2) is 0 Å². The van der Waals surface area contributed by atoms with Crippen LogP contribution in [0.5, 0.6) is 0 Å². The van der Waals surface area contributed by atoms with Gasteiger partial charge in [-0.1, -0.05) is 38.1 Å². The van der Waals surface area contributed by atoms with E-state index >= 15 is 0 Å². The molecule has 0 spiro atoms. The monoisotopic (exact) mass is 501 g/mol. The smallest absolute Gasteiger partial charge is 0.224 e. The summed E-state index contributed by atoms with van der Waals surface area (Å²) >= 11 is 0. The summed E-state index contributed by atoms with van der Waals surface area (Å²) in [6.07, 6.45) is -0.102. The van der Waals surface area contributed by atoms with E-state index in [2.05, 4.69) is 36.6 Å². The summed E-state index contributed by atoms with van der Waals surface area (Å²) in [5.74, 6) is -1.44. The molecule has 2 aromatic rings. The van der Waals surface area contributed by atoms with Crippen molar-refractivity contribution < 1.29 is 23.5 Å². The maximum Gasteiger partial charge on any atom is 0.224 e. The molecule has 0 radical (unpaired) electrons. The first kappa shape index (κ1) is 27.7. The lowest BCUT2D eigenvalue weighted by Gasteiger charge is -2.43. The number of aliphatic hydroxyl groups excluding tert-OH is 1. The van der Waals surface area contributed by atoms with Crippen molar-refractivity contribution >= 4 is 11.8 Å². The number of aliphatic hydroxyl groups is 1. The van der Waals surface area contributed by atoms with Gasteiger partial charge in [-0.05, 0) is 54.5 Å². The van der Waals surface area contributed by atoms with E-state index in [1.54, 1.807) is 0 Å². The van der Waals surface area contributed by atoms with Crippen LogP contribution in [-0.2, 0) is 21.5 Å². The first-order valence-corrected chi connectivity index (χ1v) is 12.6. The highest BCUT2D eigenvalue weighted by Gasteiger charge is 2.40. The Labute approximate surface area is 212 Å². The summed E-state index contributed by atoms with van der Waals surface area (Å²) < 4.78 is 27.4. The Balaban J connectivity index is 1.85. The number of halogens is 2. The molecule has 3 rings (SSSR count). The van der Waals surface area contributed by atoms with E-state index in [0.717, 1.165) is 17.2 Å². The third-order valence-corrected chi connectivity index (χ3v) is 6.98. The van der Waals surface area contributed by atoms with Crippen LogP contribution in [0.4, 0.5) is 8.78 Å². The Hall–Kier alpha value is -2.84. The highest BCUT2D eigenvalue weighted by Crippen LogP contribution is 2.35. The van der Waals surface area contributed by atoms with Crippen molar-refractivity contribution in [3.8, 4) is 0 Å². The van der Waals surface area contributed by atoms with Crippen LogP contribution in [0.15, 0.2) is 42.5 Å². The SMILES string of the molecule is CCN1CCC(NC[C@H](O)[C@H](Cc2cc(F)cc(F)c2)NC(C)=O)(c2cccc(C(C)C)c2)CC1=O. The number of amides is 2. The van der Waals surface area contributed by atoms with Crippen molar-refractivity contribution in [1.82, 2.24) is 15.5 Å². The van der Waals surface area contributed by atoms with Crippen LogP contribution in [0, 0.1) is 11.6 Å². The normalized spacial score (nSPS) is 19.9. The number of rotatable bonds is 10. The van der Waals surface area contributed by atoms with Gasteiger partial charge in [-0.2, -0.15) is 0 Å². The molecule has 0 saturated carbocycles. The minimum atomic E-state index is -1.07. The average molecular weight is 502 g/mol. The van der Waals surface area contributed by atoms with Crippen molar-refractivity contribution in [2.75, 3.05) is 19.6 Å². The summed E-state index contributed by atoms with van der Waals surface area (Å²) in [4.78, 5) is 26.6. The molecule has 3 atom stereocenters. The molecule has 0 aliphatic carbocycles. The zero-order valence-electron chi connectivity index (χ0n) is 21.5. The predicted molar refractivity (Wildman–Crippen MR) is 135 cm³/mol. The molecule has 1 aliphatic rings. The van der Waals surface area contributed by atoms with Crippen molar-refractivity contribution in [2.24, 2.45) is 0 Å². The van der Waals surface area contributed by atoms with Gasteiger partial charge in [0.05, 0.1) is 17.7 Å². The number of carbonyl (C=O) groups is 2. The van der Waals surface area contributed by atoms with Crippen LogP contribution in [0.3, 0.4) is 0 Å². The fourth-order valence-corrected chi connectivity index (χ4v) is 4.91. The second kappa shape index (κ2) is 11.9. The van der Waals surface area contributed by atoms with Crippen LogP contribution in [0.2, 0.25) is 0 Å². The molecular formula is C28H37F2N3O3. The Morgan fingerprint density at radius 2 is 1.86 bits per heavy atom. The lowest BCUT2D eigenvalue weighted by atomic mass is 9.79. The summed E-state index contributed by atoms with van der Waals surface area (Å²) in [7, 11) is 0. The van der Waals surface area contributed by atoms with E-state index in [0.29, 0.717) is 31.0 Å². The minimum absolute atomic E-state index is 0.0364. The van der Waals surface area contributed by atoms with E-state index in [1.807, 2.05) is 24.0 Å². The summed E-state index contributed by atoms with van der Waals surface area (Å²) in [5, 5.41) is 17.3. The van der Waals surface area contributed by atoms with Crippen LogP contribution in [0.1, 0.15) is 63.1 Å². The number of piperidine rings is 1. The Morgan fingerprint density at radius 3 is 2.44 bits per heavy atom. The van der Waals surface area contributed by atoms with E-state index in [4.69, 9.17) is 0 Å². The highest BCUT2D eigenvalue weighted by atomic mass is 19.1. The second-order valence-electron chi connectivity index (χ2n) is 10.00. The highest BCUT2D eigenvalue weighted by molar-refractivity contribution is 5.79. The van der Waals surface area contributed by atoms with Gasteiger partial charge < -0.3 is 20.6 Å². The standard InChI is InChI=1S/C28H37F2N3O3/c1-5-33-10-9-28(16-27(33)36,22-8-6-7-21(14-22)18(2)3)31-17-26(35)25(32-19(4)34)13-20-11-23(29)15-24(30)12-20/h6-8,11-12,14-15,18,25-26,31,35H,5,9-10,13,16-17H2,1-4H3,(H,32,34)/t25-,26-,28?/m0/s1. The predicted octanol–water partition coefficient (Wildman–Crippen LogP) is 3.62. The van der Waals surface area contributed by atoms with Crippen molar-refractivity contribution in [2.45, 2.75) is 70.6 Å². The fraction of sp³-hybridized carbons (Fsp3) is 0.500. The quantitative estimate of drug-likeness (QED) is 0.465. The molecule has 3 N–H and O–H groups in total. The van der Waals surface area contributed by atoms with E-state index in [-0.39, 0.29) is 31.2 Å². The molecule has 8 heteroatoms. The van der Waals surface area contributed by atoms with Gasteiger partial charge >= 0.3 is 0 Å². The van der Waals surface area contributed by atoms with Crippen LogP contribution >= 0.6 is 0 Å². The van der Waals surface area contributed by atoms with Crippen molar-refractivity contribution in [3.63, 3.8) is 0 Å². The molecule has 0 aromatic heterocycles. The van der Waals surface area contributed by atoms with Gasteiger partial charge in [0, 0.05) is 39.0 Å². The molecular weight excluding hydrogens is 464 g/mol.